The largest absolute Gasteiger partial charge is 0.359 e. The van der Waals surface area contributed by atoms with Gasteiger partial charge in [-0.05, 0) is 48.7 Å². The Morgan fingerprint density at radius 1 is 1.10 bits per heavy atom. The molecule has 2 N–H and O–H groups in total. The summed E-state index contributed by atoms with van der Waals surface area (Å²) >= 11 is 1.39. The second kappa shape index (κ2) is 8.31. The summed E-state index contributed by atoms with van der Waals surface area (Å²) < 4.78 is 5.50. The number of nitrogens with one attached hydrogen (secondary N) is 2. The first kappa shape index (κ1) is 19.6. The van der Waals surface area contributed by atoms with Gasteiger partial charge < -0.3 is 14.5 Å². The number of hydrogen-bond acceptors (Lipinski definition) is 3. The Balaban J connectivity index is 0.000000994. The average molecular weight is 405 g/mol. The monoisotopic (exact) mass is 404 g/mol. The van der Waals surface area contributed by atoms with E-state index in [1.165, 1.54) is 17.6 Å². The molecule has 0 bridgehead atoms. The van der Waals surface area contributed by atoms with Crippen LogP contribution in [-0.4, -0.2) is 17.5 Å². The molecule has 148 valence electrons. The molecule has 1 amide bonds. The van der Waals surface area contributed by atoms with E-state index in [9.17, 15) is 4.79 Å². The maximum absolute atomic E-state index is 12.7. The number of hydrogen-bond donors (Lipinski definition) is 2. The second-order valence-electron chi connectivity index (χ2n) is 6.78. The molecule has 0 saturated carbocycles. The van der Waals surface area contributed by atoms with Crippen LogP contribution in [0.15, 0.2) is 53.4 Å². The third kappa shape index (κ3) is 3.63. The highest BCUT2D eigenvalue weighted by Gasteiger charge is 2.30. The van der Waals surface area contributed by atoms with E-state index in [0.29, 0.717) is 12.2 Å². The van der Waals surface area contributed by atoms with E-state index >= 15 is 0 Å². The average Bonchev–Trinajstić information content (AvgIpc) is 3.30. The van der Waals surface area contributed by atoms with Gasteiger partial charge in [-0.1, -0.05) is 44.2 Å². The molecule has 0 atom stereocenters. The van der Waals surface area contributed by atoms with Crippen molar-refractivity contribution in [2.75, 3.05) is 11.9 Å². The Kier molecular flexibility index (Phi) is 5.60. The first-order chi connectivity index (χ1) is 14.2. The van der Waals surface area contributed by atoms with Crippen LogP contribution in [0.3, 0.4) is 0 Å². The molecule has 0 spiro atoms. The minimum Gasteiger partial charge on any atom is -0.359 e. The summed E-state index contributed by atoms with van der Waals surface area (Å²) in [5.74, 6) is -0.0545. The van der Waals surface area contributed by atoms with Crippen LogP contribution in [-0.2, 0) is 15.4 Å². The van der Waals surface area contributed by atoms with Gasteiger partial charge in [-0.2, -0.15) is 0 Å². The van der Waals surface area contributed by atoms with Crippen LogP contribution < -0.4 is 5.32 Å². The van der Waals surface area contributed by atoms with Crippen molar-refractivity contribution in [1.82, 2.24) is 4.98 Å². The van der Waals surface area contributed by atoms with E-state index in [1.807, 2.05) is 57.2 Å². The van der Waals surface area contributed by atoms with E-state index in [2.05, 4.69) is 28.5 Å². The zero-order valence-corrected chi connectivity index (χ0v) is 17.7. The molecule has 0 fully saturated rings. The first-order valence-electron chi connectivity index (χ1n) is 9.94. The Morgan fingerprint density at radius 3 is 2.69 bits per heavy atom. The second-order valence-corrected chi connectivity index (χ2v) is 7.62. The molecular weight excluding hydrogens is 380 g/mol. The third-order valence-electron chi connectivity index (χ3n) is 4.97. The number of benzene rings is 2. The summed E-state index contributed by atoms with van der Waals surface area (Å²) in [6.45, 7) is 6.69. The fourth-order valence-electron chi connectivity index (χ4n) is 3.78. The molecule has 0 aliphatic carbocycles. The number of carbonyl (C=O) groups is 1. The molecular formula is C24H24N2O2S. The molecule has 3 aromatic rings. The smallest absolute Gasteiger partial charge is 0.256 e. The molecule has 5 heteroatoms. The van der Waals surface area contributed by atoms with E-state index in [-0.39, 0.29) is 5.91 Å². The van der Waals surface area contributed by atoms with Crippen LogP contribution >= 0.6 is 12.0 Å². The maximum atomic E-state index is 12.7. The topological polar surface area (TPSA) is 54.1 Å². The van der Waals surface area contributed by atoms with Crippen molar-refractivity contribution in [3.8, 4) is 11.1 Å². The van der Waals surface area contributed by atoms with Crippen molar-refractivity contribution in [3.05, 3.63) is 71.0 Å². The van der Waals surface area contributed by atoms with Crippen molar-refractivity contribution >= 4 is 35.3 Å². The van der Waals surface area contributed by atoms with Gasteiger partial charge in [0.25, 0.3) is 5.91 Å². The van der Waals surface area contributed by atoms with Gasteiger partial charge in [0.2, 0.25) is 0 Å². The van der Waals surface area contributed by atoms with Crippen molar-refractivity contribution in [3.63, 3.8) is 0 Å². The Hall–Kier alpha value is -2.76. The van der Waals surface area contributed by atoms with Gasteiger partial charge in [-0.25, -0.2) is 0 Å². The minimum absolute atomic E-state index is 0.0545. The maximum Gasteiger partial charge on any atom is 0.256 e. The quantitative estimate of drug-likeness (QED) is 0.401. The van der Waals surface area contributed by atoms with Crippen LogP contribution in [0.2, 0.25) is 0 Å². The first-order valence-corrected chi connectivity index (χ1v) is 10.7. The van der Waals surface area contributed by atoms with Gasteiger partial charge in [-0.3, -0.25) is 4.79 Å². The number of aromatic nitrogens is 1. The predicted octanol–water partition coefficient (Wildman–Crippen LogP) is 6.09. The molecule has 3 heterocycles. The van der Waals surface area contributed by atoms with Crippen molar-refractivity contribution in [2.45, 2.75) is 32.1 Å². The molecule has 5 rings (SSSR count). The van der Waals surface area contributed by atoms with Crippen LogP contribution in [0.5, 0.6) is 0 Å². The van der Waals surface area contributed by atoms with Gasteiger partial charge in [0.15, 0.2) is 0 Å². The predicted molar refractivity (Wildman–Crippen MR) is 121 cm³/mol. The Morgan fingerprint density at radius 2 is 1.90 bits per heavy atom. The Labute approximate surface area is 175 Å². The number of anilines is 1. The summed E-state index contributed by atoms with van der Waals surface area (Å²) in [6.07, 6.45) is 2.80. The highest BCUT2D eigenvalue weighted by Crippen LogP contribution is 2.43. The number of amides is 1. The van der Waals surface area contributed by atoms with Crippen LogP contribution in [0.25, 0.3) is 22.8 Å². The zero-order chi connectivity index (χ0) is 20.4. The molecule has 0 unspecified atom stereocenters. The lowest BCUT2D eigenvalue weighted by molar-refractivity contribution is -0.110. The van der Waals surface area contributed by atoms with Gasteiger partial charge in [0, 0.05) is 45.1 Å². The number of H-pyrrole nitrogens is 1. The number of aromatic amines is 1. The SMILES string of the molecule is CC.Cc1cc(-c2ccccc2)c(/C=C2\C(=O)Nc3ccc4c(c32)CCOS4)[nH]1. The van der Waals surface area contributed by atoms with Crippen molar-refractivity contribution < 1.29 is 8.98 Å². The number of rotatable bonds is 2. The summed E-state index contributed by atoms with van der Waals surface area (Å²) in [7, 11) is 0. The number of fused-ring (bicyclic) bond motifs is 3. The molecule has 1 aromatic heterocycles. The van der Waals surface area contributed by atoms with Gasteiger partial charge in [-0.15, -0.1) is 0 Å². The molecule has 2 aromatic carbocycles. The summed E-state index contributed by atoms with van der Waals surface area (Å²) in [5, 5.41) is 3.01. The third-order valence-corrected chi connectivity index (χ3v) is 5.82. The summed E-state index contributed by atoms with van der Waals surface area (Å²) in [6, 6.07) is 16.3. The van der Waals surface area contributed by atoms with Crippen LogP contribution in [0.1, 0.15) is 36.4 Å². The highest BCUT2D eigenvalue weighted by molar-refractivity contribution is 7.94. The number of aryl methyl sites for hydroxylation is 1. The van der Waals surface area contributed by atoms with Gasteiger partial charge in [0.1, 0.15) is 0 Å². The van der Waals surface area contributed by atoms with E-state index in [4.69, 9.17) is 4.18 Å². The highest BCUT2D eigenvalue weighted by atomic mass is 32.2. The molecule has 0 radical (unpaired) electrons. The lowest BCUT2D eigenvalue weighted by Gasteiger charge is -2.18. The van der Waals surface area contributed by atoms with Crippen LogP contribution in [0.4, 0.5) is 5.69 Å². The van der Waals surface area contributed by atoms with Crippen molar-refractivity contribution in [1.29, 1.82) is 0 Å². The molecule has 2 aliphatic heterocycles. The van der Waals surface area contributed by atoms with Gasteiger partial charge in [0.05, 0.1) is 12.2 Å². The fraction of sp³-hybridized carbons (Fsp3) is 0.208. The molecule has 2 aliphatic rings. The van der Waals surface area contributed by atoms with E-state index in [1.54, 1.807) is 0 Å². The van der Waals surface area contributed by atoms with Gasteiger partial charge >= 0.3 is 0 Å². The molecule has 29 heavy (non-hydrogen) atoms. The zero-order valence-electron chi connectivity index (χ0n) is 16.8. The van der Waals surface area contributed by atoms with Crippen LogP contribution in [0, 0.1) is 6.92 Å². The molecule has 4 nitrogen and oxygen atoms in total. The summed E-state index contributed by atoms with van der Waals surface area (Å²) in [4.78, 5) is 17.3. The normalized spacial score (nSPS) is 16.0. The summed E-state index contributed by atoms with van der Waals surface area (Å²) in [5.41, 5.74) is 8.06. The lowest BCUT2D eigenvalue weighted by atomic mass is 9.96. The number of carbonyl (C=O) groups excluding carboxylic acids is 1. The minimum atomic E-state index is -0.0545. The molecule has 0 saturated heterocycles. The Bertz CT molecular complexity index is 1080. The van der Waals surface area contributed by atoms with Crippen molar-refractivity contribution in [2.24, 2.45) is 0 Å². The standard InChI is InChI=1S/C22H18N2O2S.C2H6/c1-13-11-16(14-5-3-2-4-6-14)19(23-13)12-17-21-15-9-10-26-27-20(15)8-7-18(21)24-22(17)25;1-2/h2-8,11-12,23H,9-10H2,1H3,(H,24,25);1-2H3/b17-12-;. The van der Waals surface area contributed by atoms with E-state index in [0.717, 1.165) is 45.1 Å². The van der Waals surface area contributed by atoms with E-state index < -0.39 is 0 Å². The lowest BCUT2D eigenvalue weighted by Crippen LogP contribution is -2.06. The fourth-order valence-corrected chi connectivity index (χ4v) is 4.50.